The lowest BCUT2D eigenvalue weighted by molar-refractivity contribution is -0.127. The average Bonchev–Trinajstić information content (AvgIpc) is 3.11. The summed E-state index contributed by atoms with van der Waals surface area (Å²) in [6.45, 7) is -0.462. The van der Waals surface area contributed by atoms with Gasteiger partial charge in [-0.15, -0.1) is 0 Å². The van der Waals surface area contributed by atoms with Crippen LogP contribution in [-0.2, 0) is 16.2 Å². The molecular weight excluding hydrogens is 540 g/mol. The van der Waals surface area contributed by atoms with Crippen LogP contribution in [0.15, 0.2) is 65.6 Å². The quantitative estimate of drug-likeness (QED) is 0.345. The Morgan fingerprint density at radius 2 is 1.84 bits per heavy atom. The highest BCUT2D eigenvalue weighted by Gasteiger charge is 2.36. The maximum absolute atomic E-state index is 13.3. The van der Waals surface area contributed by atoms with Crippen molar-refractivity contribution >= 4 is 63.8 Å². The molecule has 3 aromatic carbocycles. The van der Waals surface area contributed by atoms with Gasteiger partial charge in [0.1, 0.15) is 19.0 Å². The number of hydrogen-bond acceptors (Lipinski definition) is 6. The molecule has 0 bridgehead atoms. The van der Waals surface area contributed by atoms with Crippen LogP contribution in [-0.4, -0.2) is 28.5 Å². The van der Waals surface area contributed by atoms with Crippen LogP contribution >= 0.6 is 35.0 Å². The van der Waals surface area contributed by atoms with E-state index < -0.39 is 29.4 Å². The number of thioether (sulfide) groups is 1. The number of anilines is 1. The van der Waals surface area contributed by atoms with E-state index in [-0.39, 0.29) is 33.0 Å². The van der Waals surface area contributed by atoms with Crippen molar-refractivity contribution < 1.29 is 23.5 Å². The molecule has 0 atom stereocenters. The first-order valence-corrected chi connectivity index (χ1v) is 12.2. The van der Waals surface area contributed by atoms with Gasteiger partial charge < -0.3 is 10.1 Å². The van der Waals surface area contributed by atoms with Crippen LogP contribution in [0.1, 0.15) is 16.7 Å². The topological polar surface area (TPSA) is 99.5 Å². The van der Waals surface area contributed by atoms with Crippen molar-refractivity contribution in [2.24, 2.45) is 0 Å². The highest BCUT2D eigenvalue weighted by molar-refractivity contribution is 8.18. The summed E-state index contributed by atoms with van der Waals surface area (Å²) < 4.78 is 19.1. The number of amides is 3. The van der Waals surface area contributed by atoms with Gasteiger partial charge in [0, 0.05) is 11.3 Å². The molecule has 4 rings (SSSR count). The minimum atomic E-state index is -0.662. The molecular formula is C26H16Cl2FN3O4S. The summed E-state index contributed by atoms with van der Waals surface area (Å²) in [5, 5.41) is 11.4. The lowest BCUT2D eigenvalue weighted by atomic mass is 10.1. The second-order valence-electron chi connectivity index (χ2n) is 7.70. The molecule has 7 nitrogen and oxygen atoms in total. The smallest absolute Gasteiger partial charge is 0.294 e. The number of benzene rings is 3. The molecule has 1 aliphatic rings. The van der Waals surface area contributed by atoms with Crippen LogP contribution in [0.5, 0.6) is 5.75 Å². The zero-order valence-corrected chi connectivity index (χ0v) is 21.2. The van der Waals surface area contributed by atoms with Gasteiger partial charge in [-0.2, -0.15) is 5.26 Å². The minimum Gasteiger partial charge on any atom is -0.486 e. The van der Waals surface area contributed by atoms with Crippen LogP contribution in [0.2, 0.25) is 10.0 Å². The average molecular weight is 556 g/mol. The van der Waals surface area contributed by atoms with E-state index in [1.807, 2.05) is 0 Å². The van der Waals surface area contributed by atoms with E-state index in [0.717, 1.165) is 11.0 Å². The Morgan fingerprint density at radius 3 is 2.54 bits per heavy atom. The van der Waals surface area contributed by atoms with Crippen molar-refractivity contribution in [2.75, 3.05) is 11.9 Å². The molecule has 1 aliphatic heterocycles. The third-order valence-electron chi connectivity index (χ3n) is 5.11. The van der Waals surface area contributed by atoms with Gasteiger partial charge in [0.15, 0.2) is 5.75 Å². The molecule has 1 heterocycles. The van der Waals surface area contributed by atoms with Gasteiger partial charge in [-0.25, -0.2) is 4.39 Å². The molecule has 11 heteroatoms. The molecule has 1 fully saturated rings. The predicted octanol–water partition coefficient (Wildman–Crippen LogP) is 6.26. The number of imide groups is 1. The van der Waals surface area contributed by atoms with E-state index in [2.05, 4.69) is 11.4 Å². The van der Waals surface area contributed by atoms with Crippen molar-refractivity contribution in [2.45, 2.75) is 6.61 Å². The fourth-order valence-electron chi connectivity index (χ4n) is 3.40. The van der Waals surface area contributed by atoms with Crippen molar-refractivity contribution in [3.05, 3.63) is 98.1 Å². The van der Waals surface area contributed by atoms with E-state index in [9.17, 15) is 24.0 Å². The number of hydrogen-bond donors (Lipinski definition) is 1. The first-order valence-electron chi connectivity index (χ1n) is 10.7. The van der Waals surface area contributed by atoms with E-state index in [1.54, 1.807) is 24.3 Å². The molecule has 1 saturated heterocycles. The number of nitriles is 1. The van der Waals surface area contributed by atoms with Gasteiger partial charge in [0.25, 0.3) is 11.1 Å². The third kappa shape index (κ3) is 6.30. The van der Waals surface area contributed by atoms with Crippen LogP contribution < -0.4 is 10.1 Å². The first-order chi connectivity index (χ1) is 17.7. The van der Waals surface area contributed by atoms with E-state index in [4.69, 9.17) is 27.9 Å². The minimum absolute atomic E-state index is 0.0685. The second-order valence-corrected chi connectivity index (χ2v) is 9.51. The van der Waals surface area contributed by atoms with Gasteiger partial charge in [0.2, 0.25) is 5.91 Å². The predicted molar refractivity (Wildman–Crippen MR) is 140 cm³/mol. The zero-order chi connectivity index (χ0) is 26.5. The lowest BCUT2D eigenvalue weighted by Gasteiger charge is -2.13. The maximum Gasteiger partial charge on any atom is 0.294 e. The summed E-state index contributed by atoms with van der Waals surface area (Å²) in [5.74, 6) is -1.65. The van der Waals surface area contributed by atoms with E-state index >= 15 is 0 Å². The van der Waals surface area contributed by atoms with Crippen LogP contribution in [0.3, 0.4) is 0 Å². The summed E-state index contributed by atoms with van der Waals surface area (Å²) in [7, 11) is 0. The third-order valence-corrected chi connectivity index (χ3v) is 6.58. The van der Waals surface area contributed by atoms with Gasteiger partial charge >= 0.3 is 0 Å². The number of ether oxygens (including phenoxy) is 1. The maximum atomic E-state index is 13.3. The Kier molecular flexibility index (Phi) is 8.14. The summed E-state index contributed by atoms with van der Waals surface area (Å²) in [6, 6.07) is 17.3. The van der Waals surface area contributed by atoms with Gasteiger partial charge in [-0.3, -0.25) is 19.3 Å². The van der Waals surface area contributed by atoms with Crippen molar-refractivity contribution in [3.63, 3.8) is 0 Å². The molecule has 1 N–H and O–H groups in total. The van der Waals surface area contributed by atoms with E-state index in [1.165, 1.54) is 36.4 Å². The lowest BCUT2D eigenvalue weighted by Crippen LogP contribution is -2.36. The summed E-state index contributed by atoms with van der Waals surface area (Å²) >= 11 is 13.4. The number of rotatable bonds is 7. The van der Waals surface area contributed by atoms with Crippen LogP contribution in [0, 0.1) is 17.1 Å². The fraction of sp³-hybridized carbons (Fsp3) is 0.0769. The van der Waals surface area contributed by atoms with E-state index in [0.29, 0.717) is 28.5 Å². The van der Waals surface area contributed by atoms with Crippen molar-refractivity contribution in [1.29, 1.82) is 5.26 Å². The Labute approximate surface area is 225 Å². The molecule has 0 spiro atoms. The normalized spacial score (nSPS) is 14.1. The number of nitrogens with one attached hydrogen (secondary N) is 1. The molecule has 0 unspecified atom stereocenters. The van der Waals surface area contributed by atoms with Crippen LogP contribution in [0.25, 0.3) is 6.08 Å². The molecule has 0 saturated carbocycles. The van der Waals surface area contributed by atoms with Gasteiger partial charge in [-0.05, 0) is 59.8 Å². The highest BCUT2D eigenvalue weighted by Crippen LogP contribution is 2.38. The molecule has 3 amide bonds. The SMILES string of the molecule is N#Cc1ccccc1COc1c(Cl)cc(/C=C2/SC(=O)N(CC(=O)Nc3cccc(F)c3)C2=O)cc1Cl. The molecule has 0 radical (unpaired) electrons. The largest absolute Gasteiger partial charge is 0.486 e. The molecule has 186 valence electrons. The second kappa shape index (κ2) is 11.5. The van der Waals surface area contributed by atoms with Crippen molar-refractivity contribution in [1.82, 2.24) is 4.90 Å². The Morgan fingerprint density at radius 1 is 1.11 bits per heavy atom. The summed E-state index contributed by atoms with van der Waals surface area (Å²) in [5.41, 5.74) is 1.77. The molecule has 37 heavy (non-hydrogen) atoms. The Bertz CT molecular complexity index is 1470. The molecule has 0 aromatic heterocycles. The van der Waals surface area contributed by atoms with Crippen LogP contribution in [0.4, 0.5) is 14.9 Å². The van der Waals surface area contributed by atoms with Gasteiger partial charge in [0.05, 0.1) is 26.6 Å². The fourth-order valence-corrected chi connectivity index (χ4v) is 4.86. The Balaban J connectivity index is 1.45. The van der Waals surface area contributed by atoms with Gasteiger partial charge in [-0.1, -0.05) is 47.5 Å². The molecule has 3 aromatic rings. The van der Waals surface area contributed by atoms with Crippen molar-refractivity contribution in [3.8, 4) is 11.8 Å². The first kappa shape index (κ1) is 26.2. The highest BCUT2D eigenvalue weighted by atomic mass is 35.5. The summed E-state index contributed by atoms with van der Waals surface area (Å²) in [4.78, 5) is 38.3. The standard InChI is InChI=1S/C26H16Cl2FN3O4S/c27-20-8-15(9-21(28)24(20)36-14-17-5-2-1-4-16(17)12-30)10-22-25(34)32(26(35)37-22)13-23(33)31-19-7-3-6-18(29)11-19/h1-11H,13-14H2,(H,31,33)/b22-10+. The summed E-state index contributed by atoms with van der Waals surface area (Å²) in [6.07, 6.45) is 1.43. The molecule has 0 aliphatic carbocycles. The monoisotopic (exact) mass is 555 g/mol. The number of carbonyl (C=O) groups is 3. The zero-order valence-electron chi connectivity index (χ0n) is 18.8. The number of nitrogens with zero attached hydrogens (tertiary/aromatic N) is 2. The number of halogens is 3. The number of carbonyl (C=O) groups excluding carboxylic acids is 3. The Hall–Kier alpha value is -3.84.